The Morgan fingerprint density at radius 1 is 1.16 bits per heavy atom. The van der Waals surface area contributed by atoms with E-state index in [1.54, 1.807) is 41.8 Å². The first-order valence-electron chi connectivity index (χ1n) is 8.25. The van der Waals surface area contributed by atoms with E-state index in [1.807, 2.05) is 27.1 Å². The fourth-order valence-corrected chi connectivity index (χ4v) is 3.52. The summed E-state index contributed by atoms with van der Waals surface area (Å²) in [4.78, 5) is 14.8. The number of aryl methyl sites for hydroxylation is 1. The van der Waals surface area contributed by atoms with Gasteiger partial charge in [0.1, 0.15) is 0 Å². The second-order valence-corrected chi connectivity index (χ2v) is 9.17. The van der Waals surface area contributed by atoms with Crippen LogP contribution in [0.4, 0.5) is 0 Å². The summed E-state index contributed by atoms with van der Waals surface area (Å²) in [5.74, 6) is -0.132. The minimum absolute atomic E-state index is 0.00628. The highest BCUT2D eigenvalue weighted by Crippen LogP contribution is 2.19. The van der Waals surface area contributed by atoms with Gasteiger partial charge in [0.05, 0.1) is 16.3 Å². The van der Waals surface area contributed by atoms with Crippen molar-refractivity contribution in [3.8, 4) is 0 Å². The van der Waals surface area contributed by atoms with Crippen LogP contribution in [0, 0.1) is 0 Å². The summed E-state index contributed by atoms with van der Waals surface area (Å²) >= 11 is 0. The molecule has 0 radical (unpaired) electrons. The van der Waals surface area contributed by atoms with Crippen LogP contribution in [0.1, 0.15) is 43.6 Å². The van der Waals surface area contributed by atoms with Crippen molar-refractivity contribution in [3.05, 3.63) is 47.8 Å². The zero-order chi connectivity index (χ0) is 18.8. The van der Waals surface area contributed by atoms with Gasteiger partial charge in [0, 0.05) is 37.0 Å². The van der Waals surface area contributed by atoms with E-state index >= 15 is 0 Å². The molecule has 2 rings (SSSR count). The highest BCUT2D eigenvalue weighted by atomic mass is 32.2. The van der Waals surface area contributed by atoms with Gasteiger partial charge in [-0.3, -0.25) is 9.48 Å². The van der Waals surface area contributed by atoms with E-state index in [0.717, 1.165) is 5.56 Å². The van der Waals surface area contributed by atoms with Crippen LogP contribution in [0.3, 0.4) is 0 Å². The maximum Gasteiger partial charge on any atom is 0.254 e. The van der Waals surface area contributed by atoms with Gasteiger partial charge in [-0.2, -0.15) is 5.10 Å². The Morgan fingerprint density at radius 3 is 2.20 bits per heavy atom. The number of hydrogen-bond acceptors (Lipinski definition) is 4. The Kier molecular flexibility index (Phi) is 5.67. The first kappa shape index (κ1) is 19.2. The van der Waals surface area contributed by atoms with Crippen molar-refractivity contribution in [2.24, 2.45) is 7.05 Å². The number of amides is 1. The molecule has 0 saturated carbocycles. The van der Waals surface area contributed by atoms with Gasteiger partial charge in [0.25, 0.3) is 5.91 Å². The number of nitrogens with zero attached hydrogens (tertiary/aromatic N) is 3. The molecular formula is C18H25N3O3S. The number of hydrogen-bond donors (Lipinski definition) is 0. The van der Waals surface area contributed by atoms with Crippen LogP contribution in [0.5, 0.6) is 0 Å². The predicted octanol–water partition coefficient (Wildman–Crippen LogP) is 2.65. The molecule has 0 aliphatic rings. The number of benzene rings is 1. The summed E-state index contributed by atoms with van der Waals surface area (Å²) in [5, 5.41) is 3.63. The third-order valence-electron chi connectivity index (χ3n) is 4.05. The van der Waals surface area contributed by atoms with Crippen LogP contribution >= 0.6 is 0 Å². The molecule has 0 N–H and O–H groups in total. The lowest BCUT2D eigenvalue weighted by molar-refractivity contribution is 0.0690. The Hall–Kier alpha value is -2.15. The third-order valence-corrected chi connectivity index (χ3v) is 6.22. The molecule has 0 bridgehead atoms. The van der Waals surface area contributed by atoms with E-state index in [-0.39, 0.29) is 16.8 Å². The Bertz CT molecular complexity index is 837. The summed E-state index contributed by atoms with van der Waals surface area (Å²) in [7, 11) is -1.51. The summed E-state index contributed by atoms with van der Waals surface area (Å²) in [5.41, 5.74) is 1.42. The molecule has 0 atom stereocenters. The second kappa shape index (κ2) is 7.39. The topological polar surface area (TPSA) is 72.3 Å². The molecule has 7 heteroatoms. The zero-order valence-electron chi connectivity index (χ0n) is 15.3. The minimum atomic E-state index is -3.34. The van der Waals surface area contributed by atoms with Gasteiger partial charge >= 0.3 is 0 Å². The minimum Gasteiger partial charge on any atom is -0.332 e. The monoisotopic (exact) mass is 363 g/mol. The molecule has 1 amide bonds. The number of carbonyl (C=O) groups excluding carboxylic acids is 1. The van der Waals surface area contributed by atoms with Gasteiger partial charge < -0.3 is 4.90 Å². The van der Waals surface area contributed by atoms with E-state index in [2.05, 4.69) is 5.10 Å². The molecule has 25 heavy (non-hydrogen) atoms. The molecule has 0 aliphatic carbocycles. The highest BCUT2D eigenvalue weighted by Gasteiger charge is 2.22. The lowest BCUT2D eigenvalue weighted by Gasteiger charge is -2.26. The van der Waals surface area contributed by atoms with Crippen LogP contribution < -0.4 is 0 Å². The maximum absolute atomic E-state index is 12.8. The van der Waals surface area contributed by atoms with Crippen molar-refractivity contribution in [1.82, 2.24) is 14.7 Å². The van der Waals surface area contributed by atoms with Crippen LogP contribution in [0.2, 0.25) is 0 Å². The molecule has 136 valence electrons. The summed E-state index contributed by atoms with van der Waals surface area (Å²) in [6.45, 7) is 7.64. The smallest absolute Gasteiger partial charge is 0.254 e. The number of sulfone groups is 1. The summed E-state index contributed by atoms with van der Waals surface area (Å²) < 4.78 is 26.1. The molecular weight excluding hydrogens is 338 g/mol. The van der Waals surface area contributed by atoms with Crippen molar-refractivity contribution < 1.29 is 13.2 Å². The summed E-state index contributed by atoms with van der Waals surface area (Å²) in [6, 6.07) is 6.18. The Labute approximate surface area is 149 Å². The van der Waals surface area contributed by atoms with Gasteiger partial charge in [0.2, 0.25) is 0 Å². The Morgan fingerprint density at radius 2 is 1.76 bits per heavy atom. The number of aromatic nitrogens is 2. The molecule has 1 heterocycles. The fourth-order valence-electron chi connectivity index (χ4n) is 2.46. The Balaban J connectivity index is 2.25. The highest BCUT2D eigenvalue weighted by molar-refractivity contribution is 7.92. The molecule has 0 fully saturated rings. The van der Waals surface area contributed by atoms with E-state index in [4.69, 9.17) is 0 Å². The van der Waals surface area contributed by atoms with Crippen molar-refractivity contribution in [3.63, 3.8) is 0 Å². The maximum atomic E-state index is 12.8. The molecule has 1 aromatic carbocycles. The largest absolute Gasteiger partial charge is 0.332 e. The molecule has 0 aliphatic heterocycles. The van der Waals surface area contributed by atoms with Crippen LogP contribution in [-0.2, 0) is 23.4 Å². The van der Waals surface area contributed by atoms with Crippen LogP contribution in [0.15, 0.2) is 41.6 Å². The van der Waals surface area contributed by atoms with E-state index < -0.39 is 15.1 Å². The predicted molar refractivity (Wildman–Crippen MR) is 97.0 cm³/mol. The fraction of sp³-hybridized carbons (Fsp3) is 0.444. The summed E-state index contributed by atoms with van der Waals surface area (Å²) in [6.07, 6.45) is 3.61. The lowest BCUT2D eigenvalue weighted by atomic mass is 10.1. The van der Waals surface area contributed by atoms with Gasteiger partial charge in [-0.05, 0) is 52.0 Å². The van der Waals surface area contributed by atoms with E-state index in [9.17, 15) is 13.2 Å². The molecule has 0 unspecified atom stereocenters. The van der Waals surface area contributed by atoms with Crippen molar-refractivity contribution in [2.75, 3.05) is 0 Å². The molecule has 1 aromatic heterocycles. The number of rotatable bonds is 6. The van der Waals surface area contributed by atoms with Gasteiger partial charge in [-0.1, -0.05) is 0 Å². The van der Waals surface area contributed by atoms with Crippen molar-refractivity contribution >= 4 is 15.7 Å². The van der Waals surface area contributed by atoms with Gasteiger partial charge in [-0.15, -0.1) is 0 Å². The molecule has 6 nitrogen and oxygen atoms in total. The van der Waals surface area contributed by atoms with Crippen LogP contribution in [-0.4, -0.2) is 40.3 Å². The standard InChI is InChI=1S/C18H25N3O3S/c1-13(2)21(12-15-10-19-20(5)11-15)18(22)16-6-8-17(9-7-16)25(23,24)14(3)4/h6-11,13-14H,12H2,1-5H3. The lowest BCUT2D eigenvalue weighted by Crippen LogP contribution is -2.36. The molecule has 2 aromatic rings. The second-order valence-electron chi connectivity index (χ2n) is 6.67. The SMILES string of the molecule is CC(C)N(Cc1cnn(C)c1)C(=O)c1ccc(S(=O)(=O)C(C)C)cc1. The molecule has 0 spiro atoms. The normalized spacial score (nSPS) is 12.0. The van der Waals surface area contributed by atoms with Crippen molar-refractivity contribution in [2.45, 2.75) is 50.4 Å². The van der Waals surface area contributed by atoms with Crippen LogP contribution in [0.25, 0.3) is 0 Å². The quantitative estimate of drug-likeness (QED) is 0.791. The average Bonchev–Trinajstić information content (AvgIpc) is 2.97. The van der Waals surface area contributed by atoms with Crippen molar-refractivity contribution in [1.29, 1.82) is 0 Å². The van der Waals surface area contributed by atoms with Gasteiger partial charge in [0.15, 0.2) is 9.84 Å². The first-order chi connectivity index (χ1) is 11.6. The molecule has 0 saturated heterocycles. The zero-order valence-corrected chi connectivity index (χ0v) is 16.1. The number of carbonyl (C=O) groups is 1. The first-order valence-corrected chi connectivity index (χ1v) is 9.80. The third kappa shape index (κ3) is 4.28. The average molecular weight is 363 g/mol. The van der Waals surface area contributed by atoms with E-state index in [1.165, 1.54) is 12.1 Å². The van der Waals surface area contributed by atoms with Gasteiger partial charge in [-0.25, -0.2) is 8.42 Å². The van der Waals surface area contributed by atoms with E-state index in [0.29, 0.717) is 12.1 Å².